The predicted molar refractivity (Wildman–Crippen MR) is 100 cm³/mol. The van der Waals surface area contributed by atoms with E-state index in [1.54, 1.807) is 32.7 Å². The van der Waals surface area contributed by atoms with E-state index in [9.17, 15) is 0 Å². The molecule has 0 saturated carbocycles. The molecule has 0 saturated heterocycles. The Morgan fingerprint density at radius 3 is 2.32 bits per heavy atom. The smallest absolute Gasteiger partial charge is 0.203 e. The van der Waals surface area contributed by atoms with E-state index < -0.39 is 0 Å². The van der Waals surface area contributed by atoms with Gasteiger partial charge in [0.25, 0.3) is 0 Å². The predicted octanol–water partition coefficient (Wildman–Crippen LogP) is 4.20. The van der Waals surface area contributed by atoms with E-state index in [4.69, 9.17) is 14.2 Å². The molecule has 2 aromatic heterocycles. The van der Waals surface area contributed by atoms with Crippen LogP contribution in [0.3, 0.4) is 0 Å². The van der Waals surface area contributed by atoms with Gasteiger partial charge in [0.2, 0.25) is 5.75 Å². The number of fused-ring (bicyclic) bond motifs is 1. The van der Waals surface area contributed by atoms with Crippen LogP contribution in [0.25, 0.3) is 10.2 Å². The Kier molecular flexibility index (Phi) is 4.94. The first kappa shape index (κ1) is 17.3. The number of methoxy groups -OCH3 is 3. The number of rotatable bonds is 6. The number of benzene rings is 1. The van der Waals surface area contributed by atoms with Crippen molar-refractivity contribution in [2.45, 2.75) is 19.9 Å². The second-order valence-electron chi connectivity index (χ2n) is 5.58. The number of ether oxygens (including phenoxy) is 3. The van der Waals surface area contributed by atoms with Crippen LogP contribution in [0, 0.1) is 6.92 Å². The first-order valence-corrected chi connectivity index (χ1v) is 8.73. The molecule has 0 fully saturated rings. The maximum absolute atomic E-state index is 5.44. The van der Waals surface area contributed by atoms with Crippen LogP contribution >= 0.6 is 11.3 Å². The summed E-state index contributed by atoms with van der Waals surface area (Å²) >= 11 is 1.61. The molecule has 1 N–H and O–H groups in total. The van der Waals surface area contributed by atoms with Gasteiger partial charge in [0, 0.05) is 0 Å². The number of nitrogens with one attached hydrogen (secondary N) is 1. The fourth-order valence-corrected chi connectivity index (χ4v) is 3.52. The lowest BCUT2D eigenvalue weighted by molar-refractivity contribution is 0.323. The number of anilines is 1. The molecule has 3 aromatic rings. The zero-order valence-electron chi connectivity index (χ0n) is 14.9. The van der Waals surface area contributed by atoms with Crippen molar-refractivity contribution in [2.24, 2.45) is 0 Å². The van der Waals surface area contributed by atoms with Gasteiger partial charge in [-0.15, -0.1) is 11.3 Å². The topological polar surface area (TPSA) is 65.5 Å². The van der Waals surface area contributed by atoms with E-state index in [1.165, 1.54) is 0 Å². The minimum atomic E-state index is -0.00824. The minimum Gasteiger partial charge on any atom is -0.493 e. The number of hydrogen-bond donors (Lipinski definition) is 1. The van der Waals surface area contributed by atoms with Gasteiger partial charge in [-0.25, -0.2) is 9.97 Å². The van der Waals surface area contributed by atoms with Crippen LogP contribution in [0.15, 0.2) is 23.6 Å². The highest BCUT2D eigenvalue weighted by Gasteiger charge is 2.17. The molecule has 0 bridgehead atoms. The third kappa shape index (κ3) is 3.32. The summed E-state index contributed by atoms with van der Waals surface area (Å²) in [5.41, 5.74) is 1.01. The number of thiophene rings is 1. The highest BCUT2D eigenvalue weighted by atomic mass is 32.1. The van der Waals surface area contributed by atoms with Crippen molar-refractivity contribution < 1.29 is 14.2 Å². The Labute approximate surface area is 150 Å². The molecule has 7 heteroatoms. The molecule has 0 aliphatic heterocycles. The van der Waals surface area contributed by atoms with Crippen LogP contribution in [0.2, 0.25) is 0 Å². The fourth-order valence-electron chi connectivity index (χ4n) is 2.71. The van der Waals surface area contributed by atoms with Crippen LogP contribution < -0.4 is 19.5 Å². The Bertz CT molecular complexity index is 869. The molecule has 6 nitrogen and oxygen atoms in total. The van der Waals surface area contributed by atoms with Crippen molar-refractivity contribution in [1.29, 1.82) is 0 Å². The molecule has 0 aliphatic carbocycles. The fraction of sp³-hybridized carbons (Fsp3) is 0.333. The zero-order chi connectivity index (χ0) is 18.0. The maximum Gasteiger partial charge on any atom is 0.203 e. The summed E-state index contributed by atoms with van der Waals surface area (Å²) in [6, 6.07) is 5.91. The first-order valence-electron chi connectivity index (χ1n) is 7.85. The molecular formula is C18H21N3O3S. The highest BCUT2D eigenvalue weighted by molar-refractivity contribution is 7.16. The normalized spacial score (nSPS) is 12.0. The molecular weight excluding hydrogens is 338 g/mol. The molecule has 25 heavy (non-hydrogen) atoms. The van der Waals surface area contributed by atoms with E-state index in [0.29, 0.717) is 17.2 Å². The van der Waals surface area contributed by atoms with Crippen LogP contribution in [0.5, 0.6) is 17.2 Å². The maximum atomic E-state index is 5.44. The summed E-state index contributed by atoms with van der Waals surface area (Å²) in [6.45, 7) is 3.96. The third-order valence-electron chi connectivity index (χ3n) is 3.98. The van der Waals surface area contributed by atoms with Crippen molar-refractivity contribution in [3.05, 3.63) is 35.0 Å². The van der Waals surface area contributed by atoms with Gasteiger partial charge in [-0.05, 0) is 43.0 Å². The van der Waals surface area contributed by atoms with Crippen LogP contribution in [-0.2, 0) is 0 Å². The summed E-state index contributed by atoms with van der Waals surface area (Å²) < 4.78 is 16.3. The number of aromatic nitrogens is 2. The Morgan fingerprint density at radius 2 is 1.72 bits per heavy atom. The van der Waals surface area contributed by atoms with E-state index in [-0.39, 0.29) is 6.04 Å². The van der Waals surface area contributed by atoms with Gasteiger partial charge in [-0.3, -0.25) is 0 Å². The number of hydrogen-bond acceptors (Lipinski definition) is 7. The summed E-state index contributed by atoms with van der Waals surface area (Å²) in [5, 5.41) is 6.52. The molecule has 0 aliphatic rings. The Balaban J connectivity index is 1.97. The summed E-state index contributed by atoms with van der Waals surface area (Å²) in [7, 11) is 4.82. The molecule has 2 heterocycles. The lowest BCUT2D eigenvalue weighted by Gasteiger charge is -2.19. The van der Waals surface area contributed by atoms with Crippen molar-refractivity contribution >= 4 is 27.4 Å². The average molecular weight is 359 g/mol. The summed E-state index contributed by atoms with van der Waals surface area (Å²) in [6.07, 6.45) is 0. The molecule has 1 atom stereocenters. The molecule has 0 spiro atoms. The zero-order valence-corrected chi connectivity index (χ0v) is 15.7. The van der Waals surface area contributed by atoms with Gasteiger partial charge in [0.1, 0.15) is 16.5 Å². The van der Waals surface area contributed by atoms with Gasteiger partial charge in [0.15, 0.2) is 11.5 Å². The number of nitrogens with zero attached hydrogens (tertiary/aromatic N) is 2. The van der Waals surface area contributed by atoms with Gasteiger partial charge < -0.3 is 19.5 Å². The highest BCUT2D eigenvalue weighted by Crippen LogP contribution is 2.40. The van der Waals surface area contributed by atoms with E-state index in [2.05, 4.69) is 22.2 Å². The second-order valence-corrected chi connectivity index (χ2v) is 6.48. The average Bonchev–Trinajstić information content (AvgIpc) is 3.08. The lowest BCUT2D eigenvalue weighted by atomic mass is 10.1. The number of aryl methyl sites for hydroxylation is 1. The second kappa shape index (κ2) is 7.14. The van der Waals surface area contributed by atoms with E-state index in [1.807, 2.05) is 30.5 Å². The molecule has 132 valence electrons. The monoisotopic (exact) mass is 359 g/mol. The Hall–Kier alpha value is -2.54. The lowest BCUT2D eigenvalue weighted by Crippen LogP contribution is -2.10. The quantitative estimate of drug-likeness (QED) is 0.712. The van der Waals surface area contributed by atoms with E-state index >= 15 is 0 Å². The van der Waals surface area contributed by atoms with Crippen molar-refractivity contribution in [3.8, 4) is 17.2 Å². The molecule has 0 radical (unpaired) electrons. The van der Waals surface area contributed by atoms with Gasteiger partial charge in [-0.2, -0.15) is 0 Å². The van der Waals surface area contributed by atoms with Gasteiger partial charge >= 0.3 is 0 Å². The van der Waals surface area contributed by atoms with Crippen LogP contribution in [-0.4, -0.2) is 31.3 Å². The van der Waals surface area contributed by atoms with Crippen molar-refractivity contribution in [3.63, 3.8) is 0 Å². The van der Waals surface area contributed by atoms with Crippen LogP contribution in [0.4, 0.5) is 5.82 Å². The van der Waals surface area contributed by atoms with Gasteiger partial charge in [-0.1, -0.05) is 0 Å². The molecule has 0 unspecified atom stereocenters. The minimum absolute atomic E-state index is 0.00824. The van der Waals surface area contributed by atoms with Crippen LogP contribution in [0.1, 0.15) is 24.4 Å². The first-order chi connectivity index (χ1) is 12.1. The molecule has 3 rings (SSSR count). The van der Waals surface area contributed by atoms with Gasteiger partial charge in [0.05, 0.1) is 32.8 Å². The standard InChI is InChI=1S/C18H21N3O3S/c1-10(12-8-14(22-3)16(24-5)15(9-12)23-4)19-17-13-6-7-25-18(13)21-11(2)20-17/h6-10H,1-5H3,(H,19,20,21)/t10-/m1/s1. The Morgan fingerprint density at radius 1 is 1.04 bits per heavy atom. The van der Waals surface area contributed by atoms with E-state index in [0.717, 1.165) is 27.4 Å². The summed E-state index contributed by atoms with van der Waals surface area (Å²) in [4.78, 5) is 10.00. The molecule has 1 aromatic carbocycles. The SMILES string of the molecule is COc1cc([C@@H](C)Nc2nc(C)nc3sccc23)cc(OC)c1OC. The molecule has 0 amide bonds. The van der Waals surface area contributed by atoms with Crippen molar-refractivity contribution in [1.82, 2.24) is 9.97 Å². The van der Waals surface area contributed by atoms with Crippen molar-refractivity contribution in [2.75, 3.05) is 26.6 Å². The summed E-state index contributed by atoms with van der Waals surface area (Å²) in [5.74, 6) is 3.41. The third-order valence-corrected chi connectivity index (χ3v) is 4.78. The largest absolute Gasteiger partial charge is 0.493 e.